The molecule has 0 spiro atoms. The van der Waals surface area contributed by atoms with E-state index in [2.05, 4.69) is 52.0 Å². The molecular weight excluding hydrogens is 324 g/mol. The highest BCUT2D eigenvalue weighted by atomic mass is 16.2. The van der Waals surface area contributed by atoms with Crippen molar-refractivity contribution in [2.45, 2.75) is 26.7 Å². The number of aryl methyl sites for hydroxylation is 2. The summed E-state index contributed by atoms with van der Waals surface area (Å²) in [6, 6.07) is 17.1. The van der Waals surface area contributed by atoms with Crippen LogP contribution in [0.15, 0.2) is 48.5 Å². The van der Waals surface area contributed by atoms with E-state index in [-0.39, 0.29) is 13.3 Å². The average Bonchev–Trinajstić information content (AvgIpc) is 2.68. The van der Waals surface area contributed by atoms with Crippen molar-refractivity contribution < 1.29 is 4.79 Å². The lowest BCUT2D eigenvalue weighted by Gasteiger charge is -2.29. The molecule has 0 saturated carbocycles. The Morgan fingerprint density at radius 1 is 1.00 bits per heavy atom. The summed E-state index contributed by atoms with van der Waals surface area (Å²) in [5.41, 5.74) is 7.11. The maximum Gasteiger partial charge on any atom is 0.238 e. The van der Waals surface area contributed by atoms with E-state index in [0.29, 0.717) is 6.42 Å². The number of piperazine rings is 1. The van der Waals surface area contributed by atoms with Crippen LogP contribution in [-0.4, -0.2) is 32.1 Å². The Morgan fingerprint density at radius 3 is 2.35 bits per heavy atom. The number of rotatable bonds is 6. The van der Waals surface area contributed by atoms with Crippen molar-refractivity contribution in [3.63, 3.8) is 0 Å². The minimum absolute atomic E-state index is 0. The van der Waals surface area contributed by atoms with Gasteiger partial charge in [-0.1, -0.05) is 43.8 Å². The predicted molar refractivity (Wildman–Crippen MR) is 108 cm³/mol. The summed E-state index contributed by atoms with van der Waals surface area (Å²) in [7, 11) is 0. The van der Waals surface area contributed by atoms with Crippen molar-refractivity contribution >= 4 is 11.6 Å². The third-order valence-electron chi connectivity index (χ3n) is 4.64. The van der Waals surface area contributed by atoms with Crippen LogP contribution in [0.2, 0.25) is 0 Å². The van der Waals surface area contributed by atoms with Gasteiger partial charge in [-0.15, -0.1) is 0 Å². The zero-order chi connectivity index (χ0) is 17.5. The lowest BCUT2D eigenvalue weighted by Crippen LogP contribution is -2.43. The Labute approximate surface area is 156 Å². The van der Waals surface area contributed by atoms with Crippen LogP contribution in [0.5, 0.6) is 0 Å². The monoisotopic (exact) mass is 354 g/mol. The molecule has 1 aliphatic rings. The standard InChI is InChI=1S/C20H26N4O.CH4/c21-23-20(25)15-18-8-5-16(6-9-18)4-7-17-2-1-3-19(14-17)24-12-10-22-11-13-24;/h1-3,5-6,8-9,14,22H,4,7,10-13,15,21H2,(H,23,25);1H4. The van der Waals surface area contributed by atoms with E-state index < -0.39 is 0 Å². The maximum atomic E-state index is 11.3. The van der Waals surface area contributed by atoms with Gasteiger partial charge in [0.05, 0.1) is 6.42 Å². The number of amides is 1. The Balaban J connectivity index is 0.00000243. The molecule has 140 valence electrons. The minimum atomic E-state index is -0.169. The smallest absolute Gasteiger partial charge is 0.238 e. The fourth-order valence-corrected chi connectivity index (χ4v) is 3.18. The van der Waals surface area contributed by atoms with Gasteiger partial charge >= 0.3 is 0 Å². The van der Waals surface area contributed by atoms with Gasteiger partial charge in [-0.05, 0) is 41.7 Å². The van der Waals surface area contributed by atoms with Gasteiger partial charge in [0.15, 0.2) is 0 Å². The molecular formula is C21H30N4O. The lowest BCUT2D eigenvalue weighted by atomic mass is 10.0. The lowest BCUT2D eigenvalue weighted by molar-refractivity contribution is -0.120. The first kappa shape index (κ1) is 19.9. The van der Waals surface area contributed by atoms with Crippen molar-refractivity contribution in [2.24, 2.45) is 5.84 Å². The number of carbonyl (C=O) groups is 1. The maximum absolute atomic E-state index is 11.3. The summed E-state index contributed by atoms with van der Waals surface area (Å²) >= 11 is 0. The number of hydrogen-bond acceptors (Lipinski definition) is 4. The number of anilines is 1. The molecule has 0 radical (unpaired) electrons. The van der Waals surface area contributed by atoms with Crippen molar-refractivity contribution in [1.82, 2.24) is 10.7 Å². The second kappa shape index (κ2) is 9.94. The van der Waals surface area contributed by atoms with Gasteiger partial charge in [-0.25, -0.2) is 5.84 Å². The molecule has 1 amide bonds. The molecule has 1 fully saturated rings. The molecule has 0 atom stereocenters. The van der Waals surface area contributed by atoms with Crippen LogP contribution in [0.25, 0.3) is 0 Å². The number of hydrazine groups is 1. The third kappa shape index (κ3) is 5.58. The van der Waals surface area contributed by atoms with Crippen molar-refractivity contribution in [1.29, 1.82) is 0 Å². The molecule has 5 heteroatoms. The van der Waals surface area contributed by atoms with Crippen LogP contribution < -0.4 is 21.5 Å². The van der Waals surface area contributed by atoms with Gasteiger partial charge in [-0.2, -0.15) is 0 Å². The number of carbonyl (C=O) groups excluding carboxylic acids is 1. The van der Waals surface area contributed by atoms with Crippen LogP contribution in [0.4, 0.5) is 5.69 Å². The molecule has 4 N–H and O–H groups in total. The second-order valence-electron chi connectivity index (χ2n) is 6.47. The summed E-state index contributed by atoms with van der Waals surface area (Å²) in [6.45, 7) is 4.25. The SMILES string of the molecule is C.NNC(=O)Cc1ccc(CCc2cccc(N3CCNCC3)c2)cc1. The van der Waals surface area contributed by atoms with E-state index >= 15 is 0 Å². The summed E-state index contributed by atoms with van der Waals surface area (Å²) in [5, 5.41) is 3.39. The van der Waals surface area contributed by atoms with Crippen LogP contribution in [0.1, 0.15) is 24.1 Å². The first-order valence-corrected chi connectivity index (χ1v) is 8.86. The molecule has 0 unspecified atom stereocenters. The van der Waals surface area contributed by atoms with E-state index in [4.69, 9.17) is 5.84 Å². The van der Waals surface area contributed by atoms with Crippen LogP contribution >= 0.6 is 0 Å². The molecule has 5 nitrogen and oxygen atoms in total. The van der Waals surface area contributed by atoms with Gasteiger partial charge in [-0.3, -0.25) is 10.2 Å². The van der Waals surface area contributed by atoms with Crippen molar-refractivity contribution in [3.8, 4) is 0 Å². The van der Waals surface area contributed by atoms with Crippen LogP contribution in [0.3, 0.4) is 0 Å². The zero-order valence-electron chi connectivity index (χ0n) is 14.5. The third-order valence-corrected chi connectivity index (χ3v) is 4.64. The number of hydrogen-bond donors (Lipinski definition) is 3. The van der Waals surface area contributed by atoms with Crippen LogP contribution in [0, 0.1) is 0 Å². The summed E-state index contributed by atoms with van der Waals surface area (Å²) in [6.07, 6.45) is 2.33. The highest BCUT2D eigenvalue weighted by Crippen LogP contribution is 2.18. The minimum Gasteiger partial charge on any atom is -0.369 e. The number of nitrogens with one attached hydrogen (secondary N) is 2. The molecule has 1 heterocycles. The molecule has 2 aromatic rings. The van der Waals surface area contributed by atoms with Crippen LogP contribution in [-0.2, 0) is 24.1 Å². The number of nitrogens with two attached hydrogens (primary N) is 1. The average molecular weight is 354 g/mol. The van der Waals surface area contributed by atoms with Gasteiger partial charge in [0.1, 0.15) is 0 Å². The fraction of sp³-hybridized carbons (Fsp3) is 0.381. The van der Waals surface area contributed by atoms with E-state index in [0.717, 1.165) is 44.6 Å². The Kier molecular flexibility index (Phi) is 7.63. The quantitative estimate of drug-likeness (QED) is 0.422. The van der Waals surface area contributed by atoms with Crippen molar-refractivity contribution in [3.05, 3.63) is 65.2 Å². The van der Waals surface area contributed by atoms with Gasteiger partial charge in [0.2, 0.25) is 5.91 Å². The Bertz CT molecular complexity index is 693. The molecule has 0 bridgehead atoms. The molecule has 1 saturated heterocycles. The first-order valence-electron chi connectivity index (χ1n) is 8.86. The van der Waals surface area contributed by atoms with E-state index in [1.807, 2.05) is 12.1 Å². The molecule has 0 aliphatic carbocycles. The topological polar surface area (TPSA) is 70.4 Å². The van der Waals surface area contributed by atoms with Gasteiger partial charge in [0.25, 0.3) is 0 Å². The first-order chi connectivity index (χ1) is 12.2. The molecule has 3 rings (SSSR count). The summed E-state index contributed by atoms with van der Waals surface area (Å²) < 4.78 is 0. The highest BCUT2D eigenvalue weighted by molar-refractivity contribution is 5.77. The molecule has 0 aromatic heterocycles. The molecule has 26 heavy (non-hydrogen) atoms. The predicted octanol–water partition coefficient (Wildman–Crippen LogP) is 2.05. The summed E-state index contributed by atoms with van der Waals surface area (Å²) in [5.74, 6) is 4.95. The number of nitrogens with zero attached hydrogens (tertiary/aromatic N) is 1. The van der Waals surface area contributed by atoms with Gasteiger partial charge < -0.3 is 10.2 Å². The van der Waals surface area contributed by atoms with Crippen molar-refractivity contribution in [2.75, 3.05) is 31.1 Å². The molecule has 2 aromatic carbocycles. The Hall–Kier alpha value is -2.37. The normalized spacial score (nSPS) is 13.8. The van der Waals surface area contributed by atoms with E-state index in [9.17, 15) is 4.79 Å². The fourth-order valence-electron chi connectivity index (χ4n) is 3.18. The largest absolute Gasteiger partial charge is 0.369 e. The highest BCUT2D eigenvalue weighted by Gasteiger charge is 2.10. The zero-order valence-corrected chi connectivity index (χ0v) is 14.5. The van der Waals surface area contributed by atoms with E-state index in [1.165, 1.54) is 16.8 Å². The second-order valence-corrected chi connectivity index (χ2v) is 6.47. The van der Waals surface area contributed by atoms with E-state index in [1.54, 1.807) is 0 Å². The van der Waals surface area contributed by atoms with Gasteiger partial charge in [0, 0.05) is 31.9 Å². The number of benzene rings is 2. The summed E-state index contributed by atoms with van der Waals surface area (Å²) in [4.78, 5) is 13.7. The Morgan fingerprint density at radius 2 is 1.65 bits per heavy atom. The molecule has 1 aliphatic heterocycles.